The van der Waals surface area contributed by atoms with Crippen LogP contribution in [0.3, 0.4) is 0 Å². The number of hydrogen-bond acceptors (Lipinski definition) is 5. The van der Waals surface area contributed by atoms with Crippen LogP contribution >= 0.6 is 0 Å². The van der Waals surface area contributed by atoms with Crippen LogP contribution < -0.4 is 10.1 Å². The Kier molecular flexibility index (Phi) is 4.36. The van der Waals surface area contributed by atoms with Crippen molar-refractivity contribution in [1.29, 1.82) is 0 Å². The molecule has 1 aromatic carbocycles. The molecule has 26 heavy (non-hydrogen) atoms. The maximum Gasteiger partial charge on any atom is 0.272 e. The number of carbonyl (C=O) groups excluding carboxylic acids is 1. The maximum absolute atomic E-state index is 12.7. The molecule has 1 N–H and O–H groups in total. The second kappa shape index (κ2) is 6.68. The van der Waals surface area contributed by atoms with Gasteiger partial charge in [0.1, 0.15) is 11.4 Å². The number of aryl methyl sites for hydroxylation is 1. The first-order valence-corrected chi connectivity index (χ1v) is 9.12. The van der Waals surface area contributed by atoms with Gasteiger partial charge in [-0.15, -0.1) is 5.10 Å². The van der Waals surface area contributed by atoms with E-state index >= 15 is 0 Å². The van der Waals surface area contributed by atoms with E-state index in [1.165, 1.54) is 0 Å². The minimum atomic E-state index is -0.211. The third kappa shape index (κ3) is 3.29. The molecule has 2 aliphatic rings. The molecule has 0 saturated carbocycles. The Balaban J connectivity index is 1.59. The van der Waals surface area contributed by atoms with Crippen molar-refractivity contribution >= 4 is 5.91 Å². The molecule has 0 bridgehead atoms. The standard InChI is InChI=1S/C20H24N4O2/c1-14-7-8-16(23-22-14)19(25)21-17-13-20(9-11-24(2)12-10-20)26-18-6-4-3-5-15(17)18/h3-8,17H,9-13H2,1-2H3,(H,21,25). The molecule has 4 rings (SSSR count). The minimum Gasteiger partial charge on any atom is -0.487 e. The van der Waals surface area contributed by atoms with Crippen LogP contribution in [0.5, 0.6) is 5.75 Å². The number of benzene rings is 1. The molecule has 1 aromatic heterocycles. The predicted octanol–water partition coefficient (Wildman–Crippen LogP) is 2.50. The SMILES string of the molecule is Cc1ccc(C(=O)NC2CC3(CCN(C)CC3)Oc3ccccc32)nn1. The number of hydrogen-bond donors (Lipinski definition) is 1. The summed E-state index contributed by atoms with van der Waals surface area (Å²) < 4.78 is 6.44. The van der Waals surface area contributed by atoms with Gasteiger partial charge in [-0.2, -0.15) is 5.10 Å². The van der Waals surface area contributed by atoms with Gasteiger partial charge in [0.15, 0.2) is 5.69 Å². The number of nitrogens with zero attached hydrogens (tertiary/aromatic N) is 3. The number of ether oxygens (including phenoxy) is 1. The summed E-state index contributed by atoms with van der Waals surface area (Å²) in [7, 11) is 2.14. The number of fused-ring (bicyclic) bond motifs is 1. The van der Waals surface area contributed by atoms with E-state index in [0.717, 1.165) is 49.4 Å². The van der Waals surface area contributed by atoms with E-state index in [9.17, 15) is 4.79 Å². The van der Waals surface area contributed by atoms with Crippen molar-refractivity contribution in [2.24, 2.45) is 0 Å². The molecular weight excluding hydrogens is 328 g/mol. The molecule has 1 amide bonds. The van der Waals surface area contributed by atoms with E-state index in [-0.39, 0.29) is 17.6 Å². The highest BCUT2D eigenvalue weighted by Gasteiger charge is 2.43. The van der Waals surface area contributed by atoms with E-state index in [1.54, 1.807) is 12.1 Å². The van der Waals surface area contributed by atoms with Crippen molar-refractivity contribution in [3.63, 3.8) is 0 Å². The van der Waals surface area contributed by atoms with Crippen LogP contribution in [0, 0.1) is 6.92 Å². The summed E-state index contributed by atoms with van der Waals surface area (Å²) in [5.74, 6) is 0.686. The largest absolute Gasteiger partial charge is 0.487 e. The number of carbonyl (C=O) groups is 1. The van der Waals surface area contributed by atoms with Crippen LogP contribution in [0.25, 0.3) is 0 Å². The molecule has 2 aliphatic heterocycles. The summed E-state index contributed by atoms with van der Waals surface area (Å²) in [5.41, 5.74) is 1.96. The van der Waals surface area contributed by atoms with Crippen LogP contribution in [0.15, 0.2) is 36.4 Å². The Hall–Kier alpha value is -2.47. The van der Waals surface area contributed by atoms with Gasteiger partial charge in [0.25, 0.3) is 5.91 Å². The van der Waals surface area contributed by atoms with Gasteiger partial charge in [0, 0.05) is 25.1 Å². The predicted molar refractivity (Wildman–Crippen MR) is 98.1 cm³/mol. The highest BCUT2D eigenvalue weighted by atomic mass is 16.5. The zero-order valence-electron chi connectivity index (χ0n) is 15.2. The Bertz CT molecular complexity index is 798. The summed E-state index contributed by atoms with van der Waals surface area (Å²) in [6, 6.07) is 11.4. The van der Waals surface area contributed by atoms with Gasteiger partial charge < -0.3 is 15.0 Å². The van der Waals surface area contributed by atoms with Crippen molar-refractivity contribution in [1.82, 2.24) is 20.4 Å². The Morgan fingerprint density at radius 3 is 2.69 bits per heavy atom. The van der Waals surface area contributed by atoms with E-state index in [2.05, 4.69) is 27.5 Å². The van der Waals surface area contributed by atoms with Gasteiger partial charge in [-0.1, -0.05) is 18.2 Å². The van der Waals surface area contributed by atoms with E-state index in [0.29, 0.717) is 5.69 Å². The van der Waals surface area contributed by atoms with Gasteiger partial charge in [-0.05, 0) is 45.0 Å². The topological polar surface area (TPSA) is 67.4 Å². The van der Waals surface area contributed by atoms with Crippen molar-refractivity contribution in [3.8, 4) is 5.75 Å². The number of para-hydroxylation sites is 1. The van der Waals surface area contributed by atoms with Gasteiger partial charge in [0.05, 0.1) is 11.7 Å². The molecule has 1 atom stereocenters. The summed E-state index contributed by atoms with van der Waals surface area (Å²) in [6.07, 6.45) is 2.71. The number of likely N-dealkylation sites (tertiary alicyclic amines) is 1. The van der Waals surface area contributed by atoms with Gasteiger partial charge >= 0.3 is 0 Å². The van der Waals surface area contributed by atoms with Crippen LogP contribution in [0.4, 0.5) is 0 Å². The first kappa shape index (κ1) is 17.0. The summed E-state index contributed by atoms with van der Waals surface area (Å²) in [5, 5.41) is 11.2. The lowest BCUT2D eigenvalue weighted by molar-refractivity contribution is -0.0196. The summed E-state index contributed by atoms with van der Waals surface area (Å²) in [6.45, 7) is 3.87. The number of piperidine rings is 1. The van der Waals surface area contributed by atoms with Crippen molar-refractivity contribution in [2.45, 2.75) is 37.8 Å². The lowest BCUT2D eigenvalue weighted by Gasteiger charge is -2.46. The van der Waals surface area contributed by atoms with Crippen LogP contribution in [-0.4, -0.2) is 46.7 Å². The van der Waals surface area contributed by atoms with Gasteiger partial charge in [-0.3, -0.25) is 4.79 Å². The summed E-state index contributed by atoms with van der Waals surface area (Å²) >= 11 is 0. The third-order valence-electron chi connectivity index (χ3n) is 5.43. The molecule has 1 unspecified atom stereocenters. The molecule has 1 fully saturated rings. The molecule has 0 aliphatic carbocycles. The third-order valence-corrected chi connectivity index (χ3v) is 5.43. The van der Waals surface area contributed by atoms with Gasteiger partial charge in [0.2, 0.25) is 0 Å². The molecule has 0 radical (unpaired) electrons. The molecule has 6 nitrogen and oxygen atoms in total. The lowest BCUT2D eigenvalue weighted by Crippen LogP contribution is -2.51. The van der Waals surface area contributed by atoms with Crippen LogP contribution in [0.2, 0.25) is 0 Å². The van der Waals surface area contributed by atoms with Crippen molar-refractivity contribution < 1.29 is 9.53 Å². The monoisotopic (exact) mass is 352 g/mol. The molecule has 2 aromatic rings. The Labute approximate surface area is 153 Å². The molecule has 136 valence electrons. The van der Waals surface area contributed by atoms with Gasteiger partial charge in [-0.25, -0.2) is 0 Å². The number of aromatic nitrogens is 2. The highest BCUT2D eigenvalue weighted by Crippen LogP contribution is 2.44. The second-order valence-electron chi connectivity index (χ2n) is 7.42. The number of rotatable bonds is 2. The van der Waals surface area contributed by atoms with E-state index in [4.69, 9.17) is 4.74 Å². The molecule has 6 heteroatoms. The summed E-state index contributed by atoms with van der Waals surface area (Å²) in [4.78, 5) is 15.0. The molecule has 1 spiro atoms. The quantitative estimate of drug-likeness (QED) is 0.899. The number of amides is 1. The maximum atomic E-state index is 12.7. The minimum absolute atomic E-state index is 0.0843. The van der Waals surface area contributed by atoms with Crippen molar-refractivity contribution in [3.05, 3.63) is 53.3 Å². The normalized spacial score (nSPS) is 21.7. The first-order valence-electron chi connectivity index (χ1n) is 9.12. The average Bonchev–Trinajstić information content (AvgIpc) is 2.65. The molecule has 3 heterocycles. The fraction of sp³-hybridized carbons (Fsp3) is 0.450. The Morgan fingerprint density at radius 1 is 1.19 bits per heavy atom. The zero-order chi connectivity index (χ0) is 18.1. The molecule has 1 saturated heterocycles. The fourth-order valence-corrected chi connectivity index (χ4v) is 3.83. The van der Waals surface area contributed by atoms with Crippen LogP contribution in [0.1, 0.15) is 47.1 Å². The first-order chi connectivity index (χ1) is 12.5. The smallest absolute Gasteiger partial charge is 0.272 e. The second-order valence-corrected chi connectivity index (χ2v) is 7.42. The Morgan fingerprint density at radius 2 is 1.96 bits per heavy atom. The highest BCUT2D eigenvalue weighted by molar-refractivity contribution is 5.92. The lowest BCUT2D eigenvalue weighted by atomic mass is 9.80. The average molecular weight is 352 g/mol. The van der Waals surface area contributed by atoms with E-state index < -0.39 is 0 Å². The van der Waals surface area contributed by atoms with E-state index in [1.807, 2.05) is 31.2 Å². The molecular formula is C20H24N4O2. The fourth-order valence-electron chi connectivity index (χ4n) is 3.83. The van der Waals surface area contributed by atoms with Crippen LogP contribution in [-0.2, 0) is 0 Å². The number of nitrogens with one attached hydrogen (secondary N) is 1. The zero-order valence-corrected chi connectivity index (χ0v) is 15.2. The van der Waals surface area contributed by atoms with Crippen molar-refractivity contribution in [2.75, 3.05) is 20.1 Å².